The highest BCUT2D eigenvalue weighted by Crippen LogP contribution is 2.22. The Morgan fingerprint density at radius 1 is 1.41 bits per heavy atom. The summed E-state index contributed by atoms with van der Waals surface area (Å²) in [5, 5.41) is 7.68. The highest BCUT2D eigenvalue weighted by atomic mass is 16.5. The monoisotopic (exact) mass is 400 g/mol. The Kier molecular flexibility index (Phi) is 7.86. The average molecular weight is 401 g/mol. The van der Waals surface area contributed by atoms with Gasteiger partial charge in [0, 0.05) is 43.7 Å². The number of nitrogens with one attached hydrogen (secondary N) is 1. The van der Waals surface area contributed by atoms with Gasteiger partial charge in [-0.2, -0.15) is 5.10 Å². The number of hydrogen-bond donors (Lipinski definition) is 1. The molecule has 3 rings (SSSR count). The maximum atomic E-state index is 5.96. The molecule has 0 aromatic carbocycles. The van der Waals surface area contributed by atoms with Crippen molar-refractivity contribution in [2.45, 2.75) is 39.3 Å². The van der Waals surface area contributed by atoms with Crippen LogP contribution in [0.3, 0.4) is 0 Å². The van der Waals surface area contributed by atoms with Crippen LogP contribution in [-0.4, -0.2) is 58.5 Å². The van der Waals surface area contributed by atoms with Crippen molar-refractivity contribution in [2.24, 2.45) is 12.0 Å². The van der Waals surface area contributed by atoms with E-state index in [0.717, 1.165) is 49.6 Å². The zero-order valence-electron chi connectivity index (χ0n) is 17.7. The number of aryl methyl sites for hydroxylation is 1. The van der Waals surface area contributed by atoms with Crippen LogP contribution in [-0.2, 0) is 18.3 Å². The van der Waals surface area contributed by atoms with Crippen molar-refractivity contribution in [1.82, 2.24) is 25.0 Å². The maximum Gasteiger partial charge on any atom is 0.218 e. The minimum atomic E-state index is -0.00682. The normalized spacial score (nSPS) is 17.4. The summed E-state index contributed by atoms with van der Waals surface area (Å²) in [5.41, 5.74) is 2.09. The summed E-state index contributed by atoms with van der Waals surface area (Å²) in [5.74, 6) is 1.56. The van der Waals surface area contributed by atoms with Crippen LogP contribution in [0.15, 0.2) is 35.7 Å². The fraction of sp³-hybridized carbons (Fsp3) is 0.571. The number of hydrogen-bond acceptors (Lipinski definition) is 5. The van der Waals surface area contributed by atoms with Crippen molar-refractivity contribution < 1.29 is 9.47 Å². The van der Waals surface area contributed by atoms with Gasteiger partial charge in [0.15, 0.2) is 5.96 Å². The van der Waals surface area contributed by atoms with E-state index in [0.29, 0.717) is 25.6 Å². The lowest BCUT2D eigenvalue weighted by Gasteiger charge is -2.34. The molecule has 0 saturated carbocycles. The van der Waals surface area contributed by atoms with E-state index in [4.69, 9.17) is 14.5 Å². The van der Waals surface area contributed by atoms with Gasteiger partial charge in [0.1, 0.15) is 6.10 Å². The number of pyridine rings is 1. The lowest BCUT2D eigenvalue weighted by atomic mass is 10.1. The first-order valence-electron chi connectivity index (χ1n) is 10.4. The van der Waals surface area contributed by atoms with Crippen molar-refractivity contribution in [3.63, 3.8) is 0 Å². The van der Waals surface area contributed by atoms with E-state index >= 15 is 0 Å². The van der Waals surface area contributed by atoms with Crippen molar-refractivity contribution >= 4 is 5.96 Å². The number of guanidine groups is 1. The van der Waals surface area contributed by atoms with Crippen molar-refractivity contribution in [2.75, 3.05) is 32.8 Å². The molecule has 1 saturated heterocycles. The molecule has 1 unspecified atom stereocenters. The molecule has 1 fully saturated rings. The third-order valence-corrected chi connectivity index (χ3v) is 4.78. The predicted molar refractivity (Wildman–Crippen MR) is 113 cm³/mol. The van der Waals surface area contributed by atoms with Crippen LogP contribution in [0.25, 0.3) is 0 Å². The van der Waals surface area contributed by atoms with Crippen LogP contribution in [0, 0.1) is 0 Å². The molecule has 8 heteroatoms. The summed E-state index contributed by atoms with van der Waals surface area (Å²) < 4.78 is 13.6. The van der Waals surface area contributed by atoms with Gasteiger partial charge in [-0.3, -0.25) is 4.68 Å². The number of aliphatic imine (C=N–C) groups is 1. The molecule has 1 aliphatic heterocycles. The van der Waals surface area contributed by atoms with Crippen LogP contribution < -0.4 is 10.1 Å². The molecular weight excluding hydrogens is 368 g/mol. The molecule has 158 valence electrons. The molecule has 2 aromatic heterocycles. The van der Waals surface area contributed by atoms with Crippen LogP contribution >= 0.6 is 0 Å². The number of rotatable bonds is 8. The summed E-state index contributed by atoms with van der Waals surface area (Å²) in [6.07, 6.45) is 7.75. The number of unbranched alkanes of at least 4 members (excludes halogenated alkanes) is 1. The number of aromatic nitrogens is 3. The van der Waals surface area contributed by atoms with E-state index in [1.165, 1.54) is 0 Å². The first-order valence-corrected chi connectivity index (χ1v) is 10.4. The van der Waals surface area contributed by atoms with Gasteiger partial charge < -0.3 is 19.7 Å². The fourth-order valence-electron chi connectivity index (χ4n) is 3.22. The van der Waals surface area contributed by atoms with Gasteiger partial charge in [-0.25, -0.2) is 9.98 Å². The molecule has 1 aliphatic rings. The number of nitrogens with zero attached hydrogens (tertiary/aromatic N) is 5. The topological polar surface area (TPSA) is 76.8 Å². The molecule has 0 spiro atoms. The van der Waals surface area contributed by atoms with Crippen molar-refractivity contribution in [3.8, 4) is 5.88 Å². The second-order valence-electron chi connectivity index (χ2n) is 7.09. The Morgan fingerprint density at radius 2 is 2.31 bits per heavy atom. The van der Waals surface area contributed by atoms with Gasteiger partial charge in [0.2, 0.25) is 5.88 Å². The molecular formula is C21H32N6O2. The predicted octanol–water partition coefficient (Wildman–Crippen LogP) is 2.53. The van der Waals surface area contributed by atoms with E-state index < -0.39 is 0 Å². The number of morpholine rings is 1. The second-order valence-corrected chi connectivity index (χ2v) is 7.09. The first kappa shape index (κ1) is 21.1. The summed E-state index contributed by atoms with van der Waals surface area (Å²) in [4.78, 5) is 11.5. The highest BCUT2D eigenvalue weighted by molar-refractivity contribution is 5.80. The molecule has 1 atom stereocenters. The van der Waals surface area contributed by atoms with E-state index in [9.17, 15) is 0 Å². The van der Waals surface area contributed by atoms with Gasteiger partial charge in [-0.15, -0.1) is 0 Å². The van der Waals surface area contributed by atoms with E-state index in [1.54, 1.807) is 10.9 Å². The van der Waals surface area contributed by atoms with Crippen molar-refractivity contribution in [3.05, 3.63) is 41.9 Å². The van der Waals surface area contributed by atoms with Crippen molar-refractivity contribution in [1.29, 1.82) is 0 Å². The quantitative estimate of drug-likeness (QED) is 0.417. The maximum absolute atomic E-state index is 5.96. The zero-order chi connectivity index (χ0) is 20.5. The molecule has 3 heterocycles. The molecule has 1 N–H and O–H groups in total. The smallest absolute Gasteiger partial charge is 0.218 e. The molecule has 8 nitrogen and oxygen atoms in total. The van der Waals surface area contributed by atoms with E-state index in [1.807, 2.05) is 31.6 Å². The van der Waals surface area contributed by atoms with E-state index in [-0.39, 0.29) is 6.10 Å². The largest absolute Gasteiger partial charge is 0.477 e. The molecule has 0 aliphatic carbocycles. The van der Waals surface area contributed by atoms with Crippen LogP contribution in [0.2, 0.25) is 0 Å². The Labute approximate surface area is 172 Å². The molecule has 0 radical (unpaired) electrons. The third-order valence-electron chi connectivity index (χ3n) is 4.78. The van der Waals surface area contributed by atoms with E-state index in [2.05, 4.69) is 34.1 Å². The standard InChI is InChI=1S/C21H32N6O2/c1-4-6-11-29-20-17(8-7-9-23-20)13-24-21(22-5-2)27-10-12-28-19(16-27)18-14-25-26(3)15-18/h7-9,14-15,19H,4-6,10-13,16H2,1-3H3,(H,22,24). The lowest BCUT2D eigenvalue weighted by molar-refractivity contribution is -0.00805. The van der Waals surface area contributed by atoms with Gasteiger partial charge in [0.25, 0.3) is 0 Å². The molecule has 0 amide bonds. The Morgan fingerprint density at radius 3 is 3.07 bits per heavy atom. The lowest BCUT2D eigenvalue weighted by Crippen LogP contribution is -2.48. The Hall–Kier alpha value is -2.61. The minimum absolute atomic E-state index is 0.00682. The zero-order valence-corrected chi connectivity index (χ0v) is 17.7. The summed E-state index contributed by atoms with van der Waals surface area (Å²) in [7, 11) is 1.92. The SMILES string of the molecule is CCCCOc1ncccc1CN=C(NCC)N1CCOC(c2cnn(C)c2)C1. The number of ether oxygens (including phenoxy) is 2. The Balaban J connectivity index is 1.70. The second kappa shape index (κ2) is 10.8. The van der Waals surface area contributed by atoms with Crippen LogP contribution in [0.4, 0.5) is 0 Å². The third kappa shape index (κ3) is 5.93. The van der Waals surface area contributed by atoms with Crippen LogP contribution in [0.5, 0.6) is 5.88 Å². The molecule has 2 aromatic rings. The molecule has 0 bridgehead atoms. The highest BCUT2D eigenvalue weighted by Gasteiger charge is 2.25. The van der Waals surface area contributed by atoms with Gasteiger partial charge >= 0.3 is 0 Å². The van der Waals surface area contributed by atoms with Gasteiger partial charge in [-0.1, -0.05) is 19.4 Å². The first-order chi connectivity index (χ1) is 14.2. The van der Waals surface area contributed by atoms with Gasteiger partial charge in [0.05, 0.1) is 32.5 Å². The average Bonchev–Trinajstić information content (AvgIpc) is 3.18. The van der Waals surface area contributed by atoms with Gasteiger partial charge in [-0.05, 0) is 19.4 Å². The Bertz CT molecular complexity index is 791. The molecule has 29 heavy (non-hydrogen) atoms. The summed E-state index contributed by atoms with van der Waals surface area (Å²) in [6.45, 7) is 8.44. The summed E-state index contributed by atoms with van der Waals surface area (Å²) in [6, 6.07) is 3.96. The fourth-order valence-corrected chi connectivity index (χ4v) is 3.22. The summed E-state index contributed by atoms with van der Waals surface area (Å²) >= 11 is 0. The minimum Gasteiger partial charge on any atom is -0.477 e. The van der Waals surface area contributed by atoms with Crippen LogP contribution in [0.1, 0.15) is 43.9 Å².